The molecule has 2 rings (SSSR count). The minimum absolute atomic E-state index is 0.0712. The second-order valence-electron chi connectivity index (χ2n) is 5.96. The molecule has 1 amide bonds. The summed E-state index contributed by atoms with van der Waals surface area (Å²) in [5.41, 5.74) is 1.33. The lowest BCUT2D eigenvalue weighted by Crippen LogP contribution is -2.31. The largest absolute Gasteiger partial charge is 0.480 e. The van der Waals surface area contributed by atoms with Crippen LogP contribution in [-0.4, -0.2) is 17.8 Å². The fraction of sp³-hybridized carbons (Fsp3) is 0.217. The minimum atomic E-state index is -1.12. The van der Waals surface area contributed by atoms with Crippen LogP contribution in [0.2, 0.25) is 0 Å². The topological polar surface area (TPSA) is 72.8 Å². The Bertz CT molecular complexity index is 800. The van der Waals surface area contributed by atoms with Gasteiger partial charge in [-0.3, -0.25) is 9.59 Å². The summed E-state index contributed by atoms with van der Waals surface area (Å²) in [7, 11) is 0. The zero-order valence-corrected chi connectivity index (χ0v) is 16.2. The molecule has 2 atom stereocenters. The first kappa shape index (κ1) is 22.7. The van der Waals surface area contributed by atoms with Crippen molar-refractivity contribution in [3.8, 4) is 0 Å². The first-order chi connectivity index (χ1) is 13.6. The van der Waals surface area contributed by atoms with Gasteiger partial charge in [0.2, 0.25) is 0 Å². The number of hydrogen-bond donors (Lipinski definition) is 0. The molecule has 0 aromatic heterocycles. The third kappa shape index (κ3) is 6.43. The molecule has 0 N–H and O–H groups in total. The van der Waals surface area contributed by atoms with Crippen LogP contribution in [0.3, 0.4) is 0 Å². The first-order valence-electron chi connectivity index (χ1n) is 8.90. The number of ether oxygens (including phenoxy) is 1. The molecule has 2 unspecified atom stereocenters. The van der Waals surface area contributed by atoms with Crippen molar-refractivity contribution >= 4 is 17.4 Å². The molecule has 0 bridgehead atoms. The summed E-state index contributed by atoms with van der Waals surface area (Å²) >= 11 is 0. The average Bonchev–Trinajstić information content (AvgIpc) is 2.76. The Morgan fingerprint density at radius 3 is 1.96 bits per heavy atom. The van der Waals surface area contributed by atoms with Crippen molar-refractivity contribution in [2.45, 2.75) is 26.4 Å². The summed E-state index contributed by atoms with van der Waals surface area (Å²) in [6, 6.07) is 18.0. The van der Waals surface area contributed by atoms with E-state index in [2.05, 4.69) is 18.3 Å². The van der Waals surface area contributed by atoms with Gasteiger partial charge in [-0.2, -0.15) is 0 Å². The number of carbonyl (C=O) groups is 2. The molecule has 2 aromatic rings. The number of Topliss-reactive ketones (excluding diaryl/α,β-unsaturated/α-hetero) is 1. The van der Waals surface area contributed by atoms with Crippen LogP contribution in [0.5, 0.6) is 0 Å². The number of carbonyl (C=O) groups excluding carboxylic acids is 2. The number of nitrogens with zero attached hydrogens (tertiary/aromatic N) is 1. The smallest absolute Gasteiger partial charge is 0.326 e. The van der Waals surface area contributed by atoms with Crippen molar-refractivity contribution in [2.24, 2.45) is 11.1 Å². The Balaban J connectivity index is 0.00000190. The van der Waals surface area contributed by atoms with Crippen molar-refractivity contribution in [3.63, 3.8) is 0 Å². The van der Waals surface area contributed by atoms with Gasteiger partial charge in [0.1, 0.15) is 5.76 Å². The van der Waals surface area contributed by atoms with Gasteiger partial charge in [0.05, 0.1) is 0 Å². The zero-order valence-electron chi connectivity index (χ0n) is 16.2. The maximum absolute atomic E-state index is 12.4. The van der Waals surface area contributed by atoms with E-state index in [1.54, 1.807) is 44.2 Å². The summed E-state index contributed by atoms with van der Waals surface area (Å²) in [6.07, 6.45) is 0.667. The molecule has 0 saturated carbocycles. The van der Waals surface area contributed by atoms with Gasteiger partial charge >= 0.3 is 5.91 Å². The van der Waals surface area contributed by atoms with Gasteiger partial charge in [-0.25, -0.2) is 0 Å². The van der Waals surface area contributed by atoms with Gasteiger partial charge in [-0.1, -0.05) is 67.6 Å². The van der Waals surface area contributed by atoms with Crippen LogP contribution in [-0.2, 0) is 9.53 Å². The van der Waals surface area contributed by atoms with Crippen LogP contribution in [0.4, 0.5) is 0 Å². The molecular weight excluding hydrogens is 354 g/mol. The number of nitroso groups, excluding NO2 is 1. The van der Waals surface area contributed by atoms with Gasteiger partial charge in [0.25, 0.3) is 0 Å². The highest BCUT2D eigenvalue weighted by atomic mass is 16.5. The van der Waals surface area contributed by atoms with Crippen LogP contribution >= 0.6 is 0 Å². The van der Waals surface area contributed by atoms with E-state index in [0.717, 1.165) is 5.56 Å². The van der Waals surface area contributed by atoms with E-state index >= 15 is 0 Å². The summed E-state index contributed by atoms with van der Waals surface area (Å²) in [5, 5.41) is 2.52. The highest BCUT2D eigenvalue weighted by Crippen LogP contribution is 2.24. The Hall–Kier alpha value is -3.34. The third-order valence-corrected chi connectivity index (χ3v) is 4.03. The van der Waals surface area contributed by atoms with Crippen molar-refractivity contribution in [2.75, 3.05) is 0 Å². The Morgan fingerprint density at radius 2 is 1.50 bits per heavy atom. The van der Waals surface area contributed by atoms with E-state index in [1.807, 2.05) is 36.4 Å². The van der Waals surface area contributed by atoms with E-state index in [0.29, 0.717) is 11.3 Å². The molecule has 0 heterocycles. The van der Waals surface area contributed by atoms with E-state index in [4.69, 9.17) is 4.74 Å². The number of benzene rings is 2. The predicted octanol–water partition coefficient (Wildman–Crippen LogP) is 5.44. The number of rotatable bonds is 8. The second-order valence-corrected chi connectivity index (χ2v) is 5.96. The molecule has 0 spiro atoms. The molecule has 0 aliphatic rings. The molecular formula is C23H25NO4. The maximum Gasteiger partial charge on any atom is 0.326 e. The number of amides is 1. The first-order valence-corrected chi connectivity index (χ1v) is 8.90. The van der Waals surface area contributed by atoms with Crippen molar-refractivity contribution < 1.29 is 14.3 Å². The lowest BCUT2D eigenvalue weighted by molar-refractivity contribution is -0.127. The van der Waals surface area contributed by atoms with Gasteiger partial charge in [-0.15, -0.1) is 18.1 Å². The van der Waals surface area contributed by atoms with Crippen molar-refractivity contribution in [1.29, 1.82) is 0 Å². The van der Waals surface area contributed by atoms with Gasteiger partial charge < -0.3 is 4.74 Å². The lowest BCUT2D eigenvalue weighted by atomic mass is 9.94. The van der Waals surface area contributed by atoms with E-state index < -0.39 is 17.9 Å². The van der Waals surface area contributed by atoms with Crippen LogP contribution in [0.15, 0.2) is 85.1 Å². The maximum atomic E-state index is 12.4. The van der Waals surface area contributed by atoms with Gasteiger partial charge in [-0.05, 0) is 13.0 Å². The van der Waals surface area contributed by atoms with Crippen molar-refractivity contribution in [1.82, 2.24) is 0 Å². The van der Waals surface area contributed by atoms with Gasteiger partial charge in [0.15, 0.2) is 11.9 Å². The molecule has 0 aliphatic carbocycles. The lowest BCUT2D eigenvalue weighted by Gasteiger charge is -2.23. The van der Waals surface area contributed by atoms with Crippen LogP contribution < -0.4 is 0 Å². The molecule has 146 valence electrons. The number of ketones is 1. The standard InChI is InChI=1S/C21H21NO4.C2H4/c1-3-19(17-12-8-5-9-13-17)26-20(21(24)22-25)15(2)14-18(23)16-10-6-4-7-11-16;1-2/h3-13,15,20H,14H2,1-2H3;1-2H2/b19-3-;. The highest BCUT2D eigenvalue weighted by molar-refractivity contribution is 5.96. The molecule has 28 heavy (non-hydrogen) atoms. The highest BCUT2D eigenvalue weighted by Gasteiger charge is 2.30. The molecule has 0 fully saturated rings. The van der Waals surface area contributed by atoms with Crippen LogP contribution in [0, 0.1) is 10.8 Å². The minimum Gasteiger partial charge on any atom is -0.480 e. The average molecular weight is 379 g/mol. The SMILES string of the molecule is C/C=C(\OC(C(=O)N=O)C(C)CC(=O)c1ccccc1)c1ccccc1.C=C. The Labute approximate surface area is 165 Å². The second kappa shape index (κ2) is 12.1. The third-order valence-electron chi connectivity index (χ3n) is 4.03. The fourth-order valence-corrected chi connectivity index (χ4v) is 2.65. The molecule has 5 nitrogen and oxygen atoms in total. The molecule has 2 aromatic carbocycles. The van der Waals surface area contributed by atoms with E-state index in [-0.39, 0.29) is 12.2 Å². The Morgan fingerprint density at radius 1 is 1.00 bits per heavy atom. The summed E-state index contributed by atoms with van der Waals surface area (Å²) in [5.74, 6) is -1.08. The van der Waals surface area contributed by atoms with E-state index in [1.165, 1.54) is 0 Å². The predicted molar refractivity (Wildman–Crippen MR) is 112 cm³/mol. The quantitative estimate of drug-likeness (QED) is 0.265. The summed E-state index contributed by atoms with van der Waals surface area (Å²) in [6.45, 7) is 9.48. The molecule has 0 saturated heterocycles. The normalized spacial score (nSPS) is 12.7. The molecule has 0 radical (unpaired) electrons. The van der Waals surface area contributed by atoms with Crippen molar-refractivity contribution in [3.05, 3.63) is 95.9 Å². The van der Waals surface area contributed by atoms with Crippen LogP contribution in [0.1, 0.15) is 36.2 Å². The fourth-order valence-electron chi connectivity index (χ4n) is 2.65. The zero-order chi connectivity index (χ0) is 20.9. The monoisotopic (exact) mass is 379 g/mol. The number of hydrogen-bond acceptors (Lipinski definition) is 4. The molecule has 5 heteroatoms. The van der Waals surface area contributed by atoms with Crippen LogP contribution in [0.25, 0.3) is 5.76 Å². The van der Waals surface area contributed by atoms with E-state index in [9.17, 15) is 14.5 Å². The van der Waals surface area contributed by atoms with Gasteiger partial charge in [0, 0.05) is 28.6 Å². The summed E-state index contributed by atoms with van der Waals surface area (Å²) < 4.78 is 5.80. The Kier molecular flexibility index (Phi) is 9.83. The number of allylic oxidation sites excluding steroid dienone is 1. The molecule has 0 aliphatic heterocycles. The summed E-state index contributed by atoms with van der Waals surface area (Å²) in [4.78, 5) is 35.2.